The maximum absolute atomic E-state index is 7.51. The molecular formula is C17H21N3OS. The van der Waals surface area contributed by atoms with Crippen molar-refractivity contribution in [2.24, 2.45) is 5.73 Å². The standard InChI is InChI=1S/C17H21N3OS/c1-12-20-15(11-22-12)7-5-3-4-6-13-10-14(17(18)19)8-9-16(13)21-2/h4,6,8-11H,3,5,7H2,1-2H3,(H3,18,19)/b6-4+. The highest BCUT2D eigenvalue weighted by Gasteiger charge is 2.03. The number of nitrogens with one attached hydrogen (secondary N) is 1. The molecule has 1 heterocycles. The summed E-state index contributed by atoms with van der Waals surface area (Å²) in [5.41, 5.74) is 8.35. The van der Waals surface area contributed by atoms with Crippen LogP contribution in [0, 0.1) is 12.3 Å². The molecule has 0 spiro atoms. The van der Waals surface area contributed by atoms with Crippen molar-refractivity contribution in [1.29, 1.82) is 5.41 Å². The summed E-state index contributed by atoms with van der Waals surface area (Å²) in [5.74, 6) is 0.854. The van der Waals surface area contributed by atoms with Crippen LogP contribution in [0.3, 0.4) is 0 Å². The highest BCUT2D eigenvalue weighted by atomic mass is 32.1. The Balaban J connectivity index is 1.94. The summed E-state index contributed by atoms with van der Waals surface area (Å²) in [7, 11) is 1.64. The van der Waals surface area contributed by atoms with Crippen LogP contribution in [0.25, 0.3) is 6.08 Å². The van der Waals surface area contributed by atoms with Crippen molar-refractivity contribution < 1.29 is 4.74 Å². The number of aryl methyl sites for hydroxylation is 2. The van der Waals surface area contributed by atoms with Crippen LogP contribution in [-0.4, -0.2) is 17.9 Å². The van der Waals surface area contributed by atoms with Crippen molar-refractivity contribution in [3.05, 3.63) is 51.5 Å². The number of nitrogen functional groups attached to an aromatic ring is 1. The number of ether oxygens (including phenoxy) is 1. The monoisotopic (exact) mass is 315 g/mol. The van der Waals surface area contributed by atoms with E-state index in [1.54, 1.807) is 24.5 Å². The minimum absolute atomic E-state index is 0.0659. The lowest BCUT2D eigenvalue weighted by Crippen LogP contribution is -2.11. The molecule has 0 unspecified atom stereocenters. The molecule has 4 nitrogen and oxygen atoms in total. The number of nitrogens with zero attached hydrogens (tertiary/aromatic N) is 1. The molecule has 0 aliphatic rings. The Kier molecular flexibility index (Phi) is 5.72. The molecule has 116 valence electrons. The molecule has 0 fully saturated rings. The molecule has 0 aliphatic carbocycles. The van der Waals surface area contributed by atoms with Crippen molar-refractivity contribution in [2.45, 2.75) is 26.2 Å². The van der Waals surface area contributed by atoms with E-state index >= 15 is 0 Å². The van der Waals surface area contributed by atoms with Crippen LogP contribution >= 0.6 is 11.3 Å². The van der Waals surface area contributed by atoms with Crippen LogP contribution < -0.4 is 10.5 Å². The topological polar surface area (TPSA) is 72.0 Å². The van der Waals surface area contributed by atoms with E-state index in [0.29, 0.717) is 5.56 Å². The molecular weight excluding hydrogens is 294 g/mol. The molecule has 0 saturated heterocycles. The van der Waals surface area contributed by atoms with E-state index in [1.165, 1.54) is 5.69 Å². The first-order valence-electron chi connectivity index (χ1n) is 7.20. The fraction of sp³-hybridized carbons (Fsp3) is 0.294. The normalized spacial score (nSPS) is 11.0. The molecule has 1 aromatic carbocycles. The van der Waals surface area contributed by atoms with Gasteiger partial charge in [-0.3, -0.25) is 5.41 Å². The molecule has 22 heavy (non-hydrogen) atoms. The second-order valence-electron chi connectivity index (χ2n) is 5.02. The van der Waals surface area contributed by atoms with E-state index in [9.17, 15) is 0 Å². The summed E-state index contributed by atoms with van der Waals surface area (Å²) in [6.07, 6.45) is 7.19. The number of hydrogen-bond donors (Lipinski definition) is 2. The van der Waals surface area contributed by atoms with Gasteiger partial charge in [-0.15, -0.1) is 11.3 Å². The first kappa shape index (κ1) is 16.2. The Morgan fingerprint density at radius 3 is 2.91 bits per heavy atom. The Labute approximate surface area is 135 Å². The number of methoxy groups -OCH3 is 1. The van der Waals surface area contributed by atoms with Gasteiger partial charge in [0.1, 0.15) is 11.6 Å². The number of rotatable bonds is 7. The highest BCUT2D eigenvalue weighted by molar-refractivity contribution is 7.09. The Hall–Kier alpha value is -2.14. The number of allylic oxidation sites excluding steroid dienone is 1. The minimum Gasteiger partial charge on any atom is -0.496 e. The molecule has 2 aromatic rings. The number of nitrogens with two attached hydrogens (primary N) is 1. The van der Waals surface area contributed by atoms with Crippen molar-refractivity contribution in [3.63, 3.8) is 0 Å². The number of benzene rings is 1. The van der Waals surface area contributed by atoms with Crippen LogP contribution in [0.1, 0.15) is 34.7 Å². The molecule has 0 bridgehead atoms. The number of aromatic nitrogens is 1. The molecule has 0 saturated carbocycles. The van der Waals surface area contributed by atoms with Crippen LogP contribution in [0.5, 0.6) is 5.75 Å². The molecule has 0 aliphatic heterocycles. The predicted octanol–water partition coefficient (Wildman–Crippen LogP) is 3.78. The largest absolute Gasteiger partial charge is 0.496 e. The van der Waals surface area contributed by atoms with Crippen LogP contribution in [0.15, 0.2) is 29.7 Å². The lowest BCUT2D eigenvalue weighted by Gasteiger charge is -2.07. The third kappa shape index (κ3) is 4.43. The molecule has 2 rings (SSSR count). The second kappa shape index (κ2) is 7.75. The lowest BCUT2D eigenvalue weighted by atomic mass is 10.1. The van der Waals surface area contributed by atoms with E-state index < -0.39 is 0 Å². The lowest BCUT2D eigenvalue weighted by molar-refractivity contribution is 0.414. The minimum atomic E-state index is 0.0659. The molecule has 0 atom stereocenters. The van der Waals surface area contributed by atoms with Crippen molar-refractivity contribution in [3.8, 4) is 5.75 Å². The van der Waals surface area contributed by atoms with Gasteiger partial charge in [-0.25, -0.2) is 4.98 Å². The van der Waals surface area contributed by atoms with Gasteiger partial charge in [-0.2, -0.15) is 0 Å². The number of thiazole rings is 1. The SMILES string of the molecule is COc1ccc(C(=N)N)cc1/C=C/CCCc1csc(C)n1. The van der Waals surface area contributed by atoms with Crippen molar-refractivity contribution in [2.75, 3.05) is 7.11 Å². The van der Waals surface area contributed by atoms with E-state index in [4.69, 9.17) is 15.9 Å². The number of amidine groups is 1. The summed E-state index contributed by atoms with van der Waals surface area (Å²) >= 11 is 1.70. The maximum Gasteiger partial charge on any atom is 0.126 e. The summed E-state index contributed by atoms with van der Waals surface area (Å²) in [6.45, 7) is 2.03. The van der Waals surface area contributed by atoms with Gasteiger partial charge < -0.3 is 10.5 Å². The van der Waals surface area contributed by atoms with Crippen molar-refractivity contribution >= 4 is 23.2 Å². The average Bonchev–Trinajstić information content (AvgIpc) is 2.92. The number of hydrogen-bond acceptors (Lipinski definition) is 4. The van der Waals surface area contributed by atoms with E-state index in [0.717, 1.165) is 35.6 Å². The van der Waals surface area contributed by atoms with E-state index in [2.05, 4.69) is 16.4 Å². The summed E-state index contributed by atoms with van der Waals surface area (Å²) < 4.78 is 5.34. The molecule has 1 aromatic heterocycles. The van der Waals surface area contributed by atoms with Gasteiger partial charge in [0.2, 0.25) is 0 Å². The van der Waals surface area contributed by atoms with Crippen LogP contribution in [-0.2, 0) is 6.42 Å². The Morgan fingerprint density at radius 2 is 2.27 bits per heavy atom. The quantitative estimate of drug-likeness (QED) is 0.464. The molecule has 3 N–H and O–H groups in total. The maximum atomic E-state index is 7.51. The Bertz CT molecular complexity index is 676. The molecule has 0 radical (unpaired) electrons. The van der Waals surface area contributed by atoms with Crippen LogP contribution in [0.4, 0.5) is 0 Å². The van der Waals surface area contributed by atoms with Gasteiger partial charge in [-0.05, 0) is 44.4 Å². The zero-order valence-corrected chi connectivity index (χ0v) is 13.7. The molecule has 5 heteroatoms. The third-order valence-corrected chi connectivity index (χ3v) is 4.13. The summed E-state index contributed by atoms with van der Waals surface area (Å²) in [5, 5.41) is 10.8. The zero-order valence-electron chi connectivity index (χ0n) is 12.9. The fourth-order valence-electron chi connectivity index (χ4n) is 2.17. The van der Waals surface area contributed by atoms with E-state index in [-0.39, 0.29) is 5.84 Å². The Morgan fingerprint density at radius 1 is 1.45 bits per heavy atom. The fourth-order valence-corrected chi connectivity index (χ4v) is 2.81. The van der Waals surface area contributed by atoms with Gasteiger partial charge in [0, 0.05) is 16.5 Å². The van der Waals surface area contributed by atoms with Gasteiger partial charge in [0.05, 0.1) is 17.8 Å². The highest BCUT2D eigenvalue weighted by Crippen LogP contribution is 2.21. The first-order chi connectivity index (χ1) is 10.6. The van der Waals surface area contributed by atoms with Crippen LogP contribution in [0.2, 0.25) is 0 Å². The zero-order chi connectivity index (χ0) is 15.9. The predicted molar refractivity (Wildman–Crippen MR) is 92.8 cm³/mol. The van der Waals surface area contributed by atoms with Gasteiger partial charge >= 0.3 is 0 Å². The third-order valence-electron chi connectivity index (χ3n) is 3.31. The summed E-state index contributed by atoms with van der Waals surface area (Å²) in [6, 6.07) is 5.51. The smallest absolute Gasteiger partial charge is 0.126 e. The van der Waals surface area contributed by atoms with Gasteiger partial charge in [0.25, 0.3) is 0 Å². The first-order valence-corrected chi connectivity index (χ1v) is 8.08. The average molecular weight is 315 g/mol. The van der Waals surface area contributed by atoms with E-state index in [1.807, 2.05) is 25.1 Å². The summed E-state index contributed by atoms with van der Waals surface area (Å²) in [4.78, 5) is 4.46. The van der Waals surface area contributed by atoms with Gasteiger partial charge in [-0.1, -0.05) is 12.2 Å². The molecule has 0 amide bonds. The van der Waals surface area contributed by atoms with Gasteiger partial charge in [0.15, 0.2) is 0 Å². The van der Waals surface area contributed by atoms with Crippen molar-refractivity contribution in [1.82, 2.24) is 4.98 Å². The second-order valence-corrected chi connectivity index (χ2v) is 6.09. The number of unbranched alkanes of at least 4 members (excludes halogenated alkanes) is 1.